The Bertz CT molecular complexity index is 2590. The van der Waals surface area contributed by atoms with Gasteiger partial charge in [-0.1, -0.05) is 75.8 Å². The Morgan fingerprint density at radius 1 is 0.959 bits per heavy atom. The molecule has 4 rings (SSSR count). The first-order chi connectivity index (χ1) is 34.5. The number of methoxy groups -OCH3 is 1. The third-order valence-electron chi connectivity index (χ3n) is 12.2. The van der Waals surface area contributed by atoms with Crippen molar-refractivity contribution in [1.29, 1.82) is 0 Å². The van der Waals surface area contributed by atoms with Crippen molar-refractivity contribution in [1.82, 2.24) is 26.2 Å². The monoisotopic (exact) mass is 1010 g/mol. The van der Waals surface area contributed by atoms with Crippen molar-refractivity contribution < 1.29 is 43.6 Å². The number of benzene rings is 3. The maximum Gasteiger partial charge on any atom is 0.253 e. The number of nitrogens with zero attached hydrogens (tertiary/aromatic N) is 2. The summed E-state index contributed by atoms with van der Waals surface area (Å²) in [6, 6.07) is 11.7. The average Bonchev–Trinajstić information content (AvgIpc) is 3.35. The minimum atomic E-state index is -1.48. The van der Waals surface area contributed by atoms with Gasteiger partial charge >= 0.3 is 0 Å². The fourth-order valence-corrected chi connectivity index (χ4v) is 8.10. The van der Waals surface area contributed by atoms with Gasteiger partial charge < -0.3 is 67.8 Å². The number of hydrogen-bond donors (Lipinski definition) is 9. The highest BCUT2D eigenvalue weighted by Crippen LogP contribution is 2.45. The predicted octanol–water partition coefficient (Wildman–Crippen LogP) is 3.14. The molecular weight excluding hydrogens is 931 g/mol. The summed E-state index contributed by atoms with van der Waals surface area (Å²) in [4.78, 5) is 64.1. The van der Waals surface area contributed by atoms with Gasteiger partial charge in [-0.25, -0.2) is 0 Å². The Balaban J connectivity index is 1.92. The summed E-state index contributed by atoms with van der Waals surface area (Å²) in [5.74, 6) is 0.426. The molecule has 0 fully saturated rings. The van der Waals surface area contributed by atoms with Crippen LogP contribution in [-0.4, -0.2) is 128 Å². The minimum absolute atomic E-state index is 0.0231. The number of terminal acetylenes is 1. The molecule has 73 heavy (non-hydrogen) atoms. The van der Waals surface area contributed by atoms with Crippen molar-refractivity contribution in [2.24, 2.45) is 22.2 Å². The largest absolute Gasteiger partial charge is 0.492 e. The van der Waals surface area contributed by atoms with Gasteiger partial charge in [0.1, 0.15) is 49.3 Å². The fraction of sp³-hybridized carbons (Fsp3) is 0.436. The summed E-state index contributed by atoms with van der Waals surface area (Å²) in [5.41, 5.74) is 22.9. The van der Waals surface area contributed by atoms with Gasteiger partial charge in [0.15, 0.2) is 11.5 Å². The van der Waals surface area contributed by atoms with E-state index in [1.54, 1.807) is 52.0 Å². The van der Waals surface area contributed by atoms with Gasteiger partial charge in [-0.05, 0) is 92.6 Å². The average molecular weight is 1010 g/mol. The summed E-state index contributed by atoms with van der Waals surface area (Å²) in [6.07, 6.45) is 3.42. The summed E-state index contributed by atoms with van der Waals surface area (Å²) in [6.45, 7) is 20.8. The molecule has 3 aromatic carbocycles. The molecule has 18 heteroatoms. The first-order valence-corrected chi connectivity index (χ1v) is 24.1. The lowest BCUT2D eigenvalue weighted by Crippen LogP contribution is -2.53. The molecule has 0 spiro atoms. The van der Waals surface area contributed by atoms with Crippen molar-refractivity contribution in [2.45, 2.75) is 103 Å². The van der Waals surface area contributed by atoms with E-state index in [-0.39, 0.29) is 91.7 Å². The zero-order valence-electron chi connectivity index (χ0n) is 43.7. The van der Waals surface area contributed by atoms with Gasteiger partial charge in [0, 0.05) is 43.4 Å². The highest BCUT2D eigenvalue weighted by atomic mass is 16.5. The molecule has 12 N–H and O–H groups in total. The van der Waals surface area contributed by atoms with Crippen LogP contribution < -0.4 is 52.7 Å². The van der Waals surface area contributed by atoms with E-state index in [0.717, 1.165) is 11.1 Å². The number of ether oxygens (including phenoxy) is 3. The number of rotatable bonds is 20. The number of aliphatic imine (C=N–C) groups is 1. The standard InChI is InChI=1S/C55H75N9O9/c1-13-22-59-51(67)45-24-36-14-19-46(72-29-40(65)27-57)42(23-36)43-25-38(26-47(50(43)71-12)73-30-41(66)28-58)49(53(69)62-33(5)32(4)61-45)64(11)54(70)44(20-21-56)63-52(68)48(31(2)3)35(7)60-34(6)37-15-17-39(18-16-37)55(8,9)10/h1,14-19,23,25-26,33,40-41,44-45,49,61,65-66H,4,6,20-22,24,27-30,56-58H2,2-3,5,7-12H3,(H,59,67)(H,62,69)(H,63,68)/b60-35-/t33-,40+,41+,44-,45?,49?/m0/s1. The first-order valence-electron chi connectivity index (χ1n) is 24.1. The second-order valence-corrected chi connectivity index (χ2v) is 19.2. The molecule has 0 radical (unpaired) electrons. The minimum Gasteiger partial charge on any atom is -0.492 e. The molecule has 3 aromatic rings. The quantitative estimate of drug-likeness (QED) is 0.0448. The van der Waals surface area contributed by atoms with Crippen LogP contribution >= 0.6 is 0 Å². The zero-order chi connectivity index (χ0) is 54.3. The molecule has 1 aliphatic heterocycles. The molecule has 1 heterocycles. The van der Waals surface area contributed by atoms with E-state index in [2.05, 4.69) is 61.1 Å². The number of aliphatic hydroxyl groups is 2. The number of carbonyl (C=O) groups is 4. The second-order valence-electron chi connectivity index (χ2n) is 19.2. The molecule has 4 bridgehead atoms. The maximum absolute atomic E-state index is 15.1. The van der Waals surface area contributed by atoms with E-state index in [4.69, 9.17) is 42.8 Å². The van der Waals surface area contributed by atoms with Crippen LogP contribution in [0.5, 0.6) is 17.2 Å². The van der Waals surface area contributed by atoms with E-state index in [0.29, 0.717) is 33.7 Å². The number of carbonyl (C=O) groups excluding carboxylic acids is 4. The van der Waals surface area contributed by atoms with E-state index < -0.39 is 60.0 Å². The van der Waals surface area contributed by atoms with Crippen LogP contribution in [-0.2, 0) is 31.0 Å². The molecule has 394 valence electrons. The number of allylic oxidation sites excluding steroid dienone is 1. The Kier molecular flexibility index (Phi) is 21.4. The fourth-order valence-electron chi connectivity index (χ4n) is 8.10. The summed E-state index contributed by atoms with van der Waals surface area (Å²) in [7, 11) is 2.83. The lowest BCUT2D eigenvalue weighted by Gasteiger charge is -2.33. The number of fused-ring (bicyclic) bond motifs is 5. The Morgan fingerprint density at radius 2 is 1.59 bits per heavy atom. The molecule has 2 unspecified atom stereocenters. The lowest BCUT2D eigenvalue weighted by atomic mass is 9.86. The molecule has 0 aromatic heterocycles. The number of hydrogen-bond acceptors (Lipinski definition) is 14. The third kappa shape index (κ3) is 15.5. The van der Waals surface area contributed by atoms with Gasteiger partial charge in [0.2, 0.25) is 17.7 Å². The van der Waals surface area contributed by atoms with Crippen molar-refractivity contribution in [2.75, 3.05) is 53.6 Å². The van der Waals surface area contributed by atoms with Crippen molar-refractivity contribution in [3.05, 3.63) is 107 Å². The van der Waals surface area contributed by atoms with Crippen LogP contribution in [0.15, 0.2) is 89.6 Å². The smallest absolute Gasteiger partial charge is 0.253 e. The van der Waals surface area contributed by atoms with Gasteiger partial charge in [0.25, 0.3) is 5.91 Å². The molecule has 0 saturated heterocycles. The van der Waals surface area contributed by atoms with E-state index >= 15 is 9.59 Å². The molecule has 1 aliphatic rings. The number of nitrogens with two attached hydrogens (primary N) is 3. The number of likely N-dealkylation sites (N-methyl/N-ethyl adjacent to an activating group) is 1. The summed E-state index contributed by atoms with van der Waals surface area (Å²) >= 11 is 0. The Hall–Kier alpha value is -7.01. The third-order valence-corrected chi connectivity index (χ3v) is 12.2. The molecule has 0 saturated carbocycles. The number of amides is 4. The van der Waals surface area contributed by atoms with Gasteiger partial charge in [-0.15, -0.1) is 6.42 Å². The molecule has 4 amide bonds. The number of aliphatic hydroxyl groups excluding tert-OH is 2. The predicted molar refractivity (Wildman–Crippen MR) is 286 cm³/mol. The highest BCUT2D eigenvalue weighted by Gasteiger charge is 2.37. The van der Waals surface area contributed by atoms with Gasteiger partial charge in [-0.3, -0.25) is 24.2 Å². The van der Waals surface area contributed by atoms with E-state index in [1.165, 1.54) is 25.1 Å². The first kappa shape index (κ1) is 58.6. The summed E-state index contributed by atoms with van der Waals surface area (Å²) < 4.78 is 18.4. The zero-order valence-corrected chi connectivity index (χ0v) is 43.7. The second kappa shape index (κ2) is 26.6. The lowest BCUT2D eigenvalue weighted by molar-refractivity contribution is -0.142. The topological polar surface area (TPSA) is 278 Å². The van der Waals surface area contributed by atoms with Gasteiger partial charge in [-0.2, -0.15) is 0 Å². The normalized spacial score (nSPS) is 17.2. The molecule has 0 aliphatic carbocycles. The van der Waals surface area contributed by atoms with E-state index in [9.17, 15) is 19.8 Å². The maximum atomic E-state index is 15.1. The van der Waals surface area contributed by atoms with Gasteiger partial charge in [0.05, 0.1) is 36.7 Å². The summed E-state index contributed by atoms with van der Waals surface area (Å²) in [5, 5.41) is 32.8. The van der Waals surface area contributed by atoms with Crippen LogP contribution in [0.3, 0.4) is 0 Å². The van der Waals surface area contributed by atoms with Crippen LogP contribution in [0.1, 0.15) is 83.2 Å². The Morgan fingerprint density at radius 3 is 2.15 bits per heavy atom. The van der Waals surface area contributed by atoms with E-state index in [1.807, 2.05) is 24.3 Å². The molecule has 18 nitrogen and oxygen atoms in total. The van der Waals surface area contributed by atoms with Crippen molar-refractivity contribution in [3.8, 4) is 40.7 Å². The van der Waals surface area contributed by atoms with Crippen LogP contribution in [0.4, 0.5) is 0 Å². The SMILES string of the molecule is C#CCNC(=O)C1Cc2ccc(OC[C@H](O)CN)c(c2)-c2cc(cc(OC[C@H](O)CN)c2OC)C(N(C)C(=O)[C@H](CCN)NC(=O)C(=C(C)C)/C(C)=N\C(=C)c2ccc(C(C)(C)C)cc2)C(=O)N[C@@H](C)C(=C)N1. The van der Waals surface area contributed by atoms with Crippen molar-refractivity contribution in [3.63, 3.8) is 0 Å². The molecular formula is C55H75N9O9. The van der Waals surface area contributed by atoms with Crippen LogP contribution in [0, 0.1) is 12.3 Å². The van der Waals surface area contributed by atoms with Crippen LogP contribution in [0.25, 0.3) is 16.8 Å². The Labute approximate surface area is 429 Å². The number of nitrogens with one attached hydrogen (secondary N) is 4. The highest BCUT2D eigenvalue weighted by molar-refractivity contribution is 6.22. The molecule has 6 atom stereocenters. The van der Waals surface area contributed by atoms with Crippen molar-refractivity contribution >= 4 is 35.0 Å². The van der Waals surface area contributed by atoms with Crippen LogP contribution in [0.2, 0.25) is 0 Å².